The van der Waals surface area contributed by atoms with Gasteiger partial charge in [0.15, 0.2) is 5.75 Å². The Morgan fingerprint density at radius 2 is 2.05 bits per heavy atom. The first-order chi connectivity index (χ1) is 10.6. The summed E-state index contributed by atoms with van der Waals surface area (Å²) in [5.41, 5.74) is 1.05. The predicted octanol–water partition coefficient (Wildman–Crippen LogP) is 2.19. The number of para-hydroxylation sites is 2. The Hall–Kier alpha value is -2.89. The van der Waals surface area contributed by atoms with Crippen LogP contribution in [-0.2, 0) is 9.59 Å². The van der Waals surface area contributed by atoms with Crippen LogP contribution in [0.1, 0.15) is 0 Å². The summed E-state index contributed by atoms with van der Waals surface area (Å²) in [4.78, 5) is 25.3. The van der Waals surface area contributed by atoms with Crippen LogP contribution < -0.4 is 15.0 Å². The van der Waals surface area contributed by atoms with E-state index < -0.39 is 11.8 Å². The topological polar surface area (TPSA) is 58.6 Å². The highest BCUT2D eigenvalue weighted by atomic mass is 19.1. The number of nitrogens with zero attached hydrogens (tertiary/aromatic N) is 1. The highest BCUT2D eigenvalue weighted by Gasteiger charge is 2.25. The van der Waals surface area contributed by atoms with Crippen LogP contribution in [0.3, 0.4) is 0 Å². The molecule has 0 radical (unpaired) electrons. The first-order valence-electron chi connectivity index (χ1n) is 6.72. The van der Waals surface area contributed by atoms with Gasteiger partial charge < -0.3 is 15.0 Å². The summed E-state index contributed by atoms with van der Waals surface area (Å²) < 4.78 is 18.2. The number of benzene rings is 2. The maximum absolute atomic E-state index is 13.1. The molecule has 2 aromatic carbocycles. The van der Waals surface area contributed by atoms with E-state index in [2.05, 4.69) is 5.32 Å². The Kier molecular flexibility index (Phi) is 3.74. The molecule has 3 rings (SSSR count). The van der Waals surface area contributed by atoms with E-state index in [9.17, 15) is 14.0 Å². The molecule has 1 amide bonds. The van der Waals surface area contributed by atoms with Gasteiger partial charge in [-0.05, 0) is 30.3 Å². The zero-order valence-corrected chi connectivity index (χ0v) is 11.6. The average molecular weight is 300 g/mol. The fraction of sp³-hybridized carbons (Fsp3) is 0.125. The molecular weight excluding hydrogens is 287 g/mol. The van der Waals surface area contributed by atoms with Crippen molar-refractivity contribution in [3.63, 3.8) is 0 Å². The number of esters is 1. The summed E-state index contributed by atoms with van der Waals surface area (Å²) in [6.07, 6.45) is 0. The molecule has 5 nitrogen and oxygen atoms in total. The first-order valence-corrected chi connectivity index (χ1v) is 6.72. The molecule has 0 aliphatic carbocycles. The van der Waals surface area contributed by atoms with E-state index in [4.69, 9.17) is 4.74 Å². The summed E-state index contributed by atoms with van der Waals surface area (Å²) in [5, 5.41) is 2.60. The number of anilines is 2. The molecule has 0 saturated heterocycles. The van der Waals surface area contributed by atoms with E-state index in [0.717, 1.165) is 0 Å². The summed E-state index contributed by atoms with van der Waals surface area (Å²) in [7, 11) is 0. The molecule has 2 aromatic rings. The van der Waals surface area contributed by atoms with Crippen molar-refractivity contribution in [1.82, 2.24) is 0 Å². The number of nitrogens with one attached hydrogen (secondary N) is 1. The highest BCUT2D eigenvalue weighted by Crippen LogP contribution is 2.31. The fourth-order valence-corrected chi connectivity index (χ4v) is 2.28. The van der Waals surface area contributed by atoms with Crippen LogP contribution in [0.25, 0.3) is 0 Å². The molecule has 0 saturated carbocycles. The van der Waals surface area contributed by atoms with E-state index in [1.807, 2.05) is 0 Å². The lowest BCUT2D eigenvalue weighted by Gasteiger charge is -2.29. The zero-order valence-electron chi connectivity index (χ0n) is 11.6. The van der Waals surface area contributed by atoms with E-state index in [0.29, 0.717) is 17.1 Å². The number of halogens is 1. The van der Waals surface area contributed by atoms with Crippen molar-refractivity contribution in [2.75, 3.05) is 23.3 Å². The molecule has 1 aliphatic rings. The third-order valence-electron chi connectivity index (χ3n) is 3.19. The van der Waals surface area contributed by atoms with E-state index in [1.165, 1.54) is 18.2 Å². The second-order valence-corrected chi connectivity index (χ2v) is 4.86. The van der Waals surface area contributed by atoms with Gasteiger partial charge in [-0.2, -0.15) is 0 Å². The highest BCUT2D eigenvalue weighted by molar-refractivity contribution is 5.96. The molecule has 0 atom stereocenters. The van der Waals surface area contributed by atoms with Gasteiger partial charge in [0.05, 0.1) is 12.2 Å². The minimum absolute atomic E-state index is 0.00636. The lowest BCUT2D eigenvalue weighted by molar-refractivity contribution is -0.133. The van der Waals surface area contributed by atoms with Crippen LogP contribution >= 0.6 is 0 Å². The molecule has 112 valence electrons. The van der Waals surface area contributed by atoms with Gasteiger partial charge in [-0.15, -0.1) is 0 Å². The third kappa shape index (κ3) is 3.06. The van der Waals surface area contributed by atoms with Crippen molar-refractivity contribution < 1.29 is 18.7 Å². The standard InChI is InChI=1S/C16H13FN2O3/c17-11-4-3-5-12(8-11)18-15(20)9-19-10-16(21)22-14-7-2-1-6-13(14)19/h1-8H,9-10H2,(H,18,20). The number of hydrogen-bond donors (Lipinski definition) is 1. The summed E-state index contributed by atoms with van der Waals surface area (Å²) in [6.45, 7) is -0.0315. The Balaban J connectivity index is 1.73. The molecule has 1 aliphatic heterocycles. The maximum atomic E-state index is 13.1. The van der Waals surface area contributed by atoms with Crippen molar-refractivity contribution in [2.45, 2.75) is 0 Å². The van der Waals surface area contributed by atoms with Gasteiger partial charge in [-0.3, -0.25) is 4.79 Å². The van der Waals surface area contributed by atoms with E-state index >= 15 is 0 Å². The maximum Gasteiger partial charge on any atom is 0.331 e. The SMILES string of the molecule is O=C(CN1CC(=O)Oc2ccccc21)Nc1cccc(F)c1. The van der Waals surface area contributed by atoms with Gasteiger partial charge in [0.25, 0.3) is 0 Å². The minimum Gasteiger partial charge on any atom is -0.423 e. The molecular formula is C16H13FN2O3. The van der Waals surface area contributed by atoms with Crippen LogP contribution in [0, 0.1) is 5.82 Å². The Morgan fingerprint density at radius 3 is 2.86 bits per heavy atom. The van der Waals surface area contributed by atoms with E-state index in [-0.39, 0.29) is 19.0 Å². The Morgan fingerprint density at radius 1 is 1.23 bits per heavy atom. The number of carbonyl (C=O) groups is 2. The predicted molar refractivity (Wildman–Crippen MR) is 79.3 cm³/mol. The smallest absolute Gasteiger partial charge is 0.331 e. The van der Waals surface area contributed by atoms with Gasteiger partial charge in [-0.25, -0.2) is 9.18 Å². The zero-order chi connectivity index (χ0) is 15.5. The number of rotatable bonds is 3. The lowest BCUT2D eigenvalue weighted by atomic mass is 10.2. The first kappa shape index (κ1) is 14.1. The molecule has 0 spiro atoms. The molecule has 0 bridgehead atoms. The number of ether oxygens (including phenoxy) is 1. The van der Waals surface area contributed by atoms with E-state index in [1.54, 1.807) is 35.2 Å². The Labute approximate surface area is 126 Å². The monoisotopic (exact) mass is 300 g/mol. The van der Waals surface area contributed by atoms with Crippen molar-refractivity contribution in [3.05, 3.63) is 54.3 Å². The van der Waals surface area contributed by atoms with Crippen molar-refractivity contribution in [2.24, 2.45) is 0 Å². The lowest BCUT2D eigenvalue weighted by Crippen LogP contribution is -2.41. The molecule has 22 heavy (non-hydrogen) atoms. The third-order valence-corrected chi connectivity index (χ3v) is 3.19. The van der Waals surface area contributed by atoms with Crippen LogP contribution in [0.5, 0.6) is 5.75 Å². The van der Waals surface area contributed by atoms with Gasteiger partial charge in [-0.1, -0.05) is 18.2 Å². The Bertz CT molecular complexity index is 733. The normalized spacial score (nSPS) is 13.3. The van der Waals surface area contributed by atoms with Gasteiger partial charge in [0, 0.05) is 5.69 Å². The van der Waals surface area contributed by atoms with Crippen LogP contribution in [-0.4, -0.2) is 25.0 Å². The molecule has 0 fully saturated rings. The summed E-state index contributed by atoms with van der Waals surface area (Å²) in [6, 6.07) is 12.6. The fourth-order valence-electron chi connectivity index (χ4n) is 2.28. The van der Waals surface area contributed by atoms with Crippen LogP contribution in [0.2, 0.25) is 0 Å². The molecule has 1 N–H and O–H groups in total. The van der Waals surface area contributed by atoms with Crippen LogP contribution in [0.15, 0.2) is 48.5 Å². The van der Waals surface area contributed by atoms with Crippen molar-refractivity contribution in [3.8, 4) is 5.75 Å². The summed E-state index contributed by atoms with van der Waals surface area (Å²) >= 11 is 0. The van der Waals surface area contributed by atoms with Gasteiger partial charge in [0.1, 0.15) is 12.4 Å². The largest absolute Gasteiger partial charge is 0.423 e. The number of amides is 1. The van der Waals surface area contributed by atoms with Gasteiger partial charge in [0.2, 0.25) is 5.91 Å². The molecule has 6 heteroatoms. The van der Waals surface area contributed by atoms with Crippen LogP contribution in [0.4, 0.5) is 15.8 Å². The second kappa shape index (κ2) is 5.85. The molecule has 1 heterocycles. The number of carbonyl (C=O) groups excluding carboxylic acids is 2. The second-order valence-electron chi connectivity index (χ2n) is 4.86. The quantitative estimate of drug-likeness (QED) is 0.697. The van der Waals surface area contributed by atoms with Gasteiger partial charge >= 0.3 is 5.97 Å². The molecule has 0 aromatic heterocycles. The van der Waals surface area contributed by atoms with Crippen molar-refractivity contribution in [1.29, 1.82) is 0 Å². The molecule has 0 unspecified atom stereocenters. The average Bonchev–Trinajstić information content (AvgIpc) is 2.47. The number of fused-ring (bicyclic) bond motifs is 1. The summed E-state index contributed by atoms with van der Waals surface area (Å²) in [5.74, 6) is -0.755. The number of hydrogen-bond acceptors (Lipinski definition) is 4. The minimum atomic E-state index is -0.426. The van der Waals surface area contributed by atoms with Crippen molar-refractivity contribution >= 4 is 23.3 Å².